The molecule has 1 aliphatic carbocycles. The van der Waals surface area contributed by atoms with E-state index in [1.165, 1.54) is 23.1 Å². The van der Waals surface area contributed by atoms with Gasteiger partial charge in [0, 0.05) is 12.6 Å². The van der Waals surface area contributed by atoms with Crippen LogP contribution in [0.4, 0.5) is 5.69 Å². The van der Waals surface area contributed by atoms with Crippen molar-refractivity contribution in [3.8, 4) is 0 Å². The van der Waals surface area contributed by atoms with Crippen LogP contribution in [0.3, 0.4) is 0 Å². The van der Waals surface area contributed by atoms with Crippen molar-refractivity contribution >= 4 is 50.7 Å². The first-order valence-electron chi connectivity index (χ1n) is 12.0. The minimum Gasteiger partial charge on any atom is -0.352 e. The highest BCUT2D eigenvalue weighted by Crippen LogP contribution is 2.28. The summed E-state index contributed by atoms with van der Waals surface area (Å²) >= 11 is 12.1. The largest absolute Gasteiger partial charge is 0.352 e. The standard InChI is InChI=1S/C26H33Cl2N3O4S/c1-18-8-7-9-20(14-18)16-30(19(2)26(33)29-21-10-5-4-6-11-21)25(32)17-31(36(3,34)35)22-12-13-23(27)24(28)15-22/h7-9,12-15,19,21H,4-6,10-11,16-17H2,1-3H3,(H,29,33). The lowest BCUT2D eigenvalue weighted by atomic mass is 9.95. The summed E-state index contributed by atoms with van der Waals surface area (Å²) in [6.07, 6.45) is 6.16. The number of hydrogen-bond acceptors (Lipinski definition) is 4. The van der Waals surface area contributed by atoms with E-state index >= 15 is 0 Å². The Kier molecular flexibility index (Phi) is 9.66. The molecule has 0 saturated heterocycles. The van der Waals surface area contributed by atoms with Gasteiger partial charge in [-0.3, -0.25) is 13.9 Å². The summed E-state index contributed by atoms with van der Waals surface area (Å²) in [4.78, 5) is 28.2. The average molecular weight is 555 g/mol. The second-order valence-electron chi connectivity index (χ2n) is 9.40. The number of halogens is 2. The van der Waals surface area contributed by atoms with Gasteiger partial charge < -0.3 is 10.2 Å². The van der Waals surface area contributed by atoms with Gasteiger partial charge in [-0.25, -0.2) is 8.42 Å². The number of amides is 2. The topological polar surface area (TPSA) is 86.8 Å². The third kappa shape index (κ3) is 7.60. The van der Waals surface area contributed by atoms with Crippen molar-refractivity contribution in [2.45, 2.75) is 64.6 Å². The highest BCUT2D eigenvalue weighted by Gasteiger charge is 2.31. The lowest BCUT2D eigenvalue weighted by molar-refractivity contribution is -0.139. The Morgan fingerprint density at radius 2 is 1.75 bits per heavy atom. The fraction of sp³-hybridized carbons (Fsp3) is 0.462. The van der Waals surface area contributed by atoms with E-state index < -0.39 is 28.5 Å². The molecule has 0 bridgehead atoms. The first-order chi connectivity index (χ1) is 17.0. The maximum atomic E-state index is 13.6. The van der Waals surface area contributed by atoms with E-state index in [1.807, 2.05) is 31.2 Å². The zero-order valence-corrected chi connectivity index (χ0v) is 23.2. The summed E-state index contributed by atoms with van der Waals surface area (Å²) in [5, 5.41) is 3.53. The van der Waals surface area contributed by atoms with E-state index in [0.29, 0.717) is 0 Å². The van der Waals surface area contributed by atoms with Crippen molar-refractivity contribution in [3.63, 3.8) is 0 Å². The van der Waals surface area contributed by atoms with Crippen LogP contribution in [0.15, 0.2) is 42.5 Å². The molecule has 2 amide bonds. The first kappa shape index (κ1) is 28.3. The molecule has 7 nitrogen and oxygen atoms in total. The van der Waals surface area contributed by atoms with Crippen molar-refractivity contribution in [1.82, 2.24) is 10.2 Å². The van der Waals surface area contributed by atoms with Gasteiger partial charge in [-0.1, -0.05) is 72.3 Å². The normalized spacial score (nSPS) is 15.2. The van der Waals surface area contributed by atoms with Crippen LogP contribution < -0.4 is 9.62 Å². The quantitative estimate of drug-likeness (QED) is 0.476. The molecule has 36 heavy (non-hydrogen) atoms. The minimum absolute atomic E-state index is 0.0911. The van der Waals surface area contributed by atoms with Gasteiger partial charge in [0.2, 0.25) is 21.8 Å². The molecule has 0 aliphatic heterocycles. The van der Waals surface area contributed by atoms with Crippen molar-refractivity contribution in [3.05, 3.63) is 63.6 Å². The molecule has 1 atom stereocenters. The first-order valence-corrected chi connectivity index (χ1v) is 14.6. The molecular weight excluding hydrogens is 521 g/mol. The molecule has 0 aromatic heterocycles. The summed E-state index contributed by atoms with van der Waals surface area (Å²) < 4.78 is 26.3. The van der Waals surface area contributed by atoms with E-state index in [4.69, 9.17) is 23.2 Å². The minimum atomic E-state index is -3.84. The Morgan fingerprint density at radius 3 is 2.36 bits per heavy atom. The second kappa shape index (κ2) is 12.3. The predicted molar refractivity (Wildman–Crippen MR) is 145 cm³/mol. The second-order valence-corrected chi connectivity index (χ2v) is 12.1. The molecule has 2 aromatic carbocycles. The van der Waals surface area contributed by atoms with E-state index in [1.54, 1.807) is 6.92 Å². The molecule has 0 heterocycles. The van der Waals surface area contributed by atoms with Gasteiger partial charge in [0.1, 0.15) is 12.6 Å². The van der Waals surface area contributed by atoms with Crippen LogP contribution in [0.5, 0.6) is 0 Å². The molecule has 0 spiro atoms. The molecule has 0 radical (unpaired) electrons. The summed E-state index contributed by atoms with van der Waals surface area (Å²) in [6, 6.07) is 11.3. The molecule has 3 rings (SSSR count). The number of anilines is 1. The fourth-order valence-corrected chi connectivity index (χ4v) is 5.55. The van der Waals surface area contributed by atoms with Crippen molar-refractivity contribution in [2.24, 2.45) is 0 Å². The highest BCUT2D eigenvalue weighted by molar-refractivity contribution is 7.92. The average Bonchev–Trinajstić information content (AvgIpc) is 2.82. The zero-order valence-electron chi connectivity index (χ0n) is 20.8. The van der Waals surface area contributed by atoms with Crippen LogP contribution in [-0.4, -0.2) is 50.0 Å². The number of sulfonamides is 1. The van der Waals surface area contributed by atoms with Crippen LogP contribution in [0.2, 0.25) is 10.0 Å². The predicted octanol–water partition coefficient (Wildman–Crippen LogP) is 4.93. The summed E-state index contributed by atoms with van der Waals surface area (Å²) in [5.41, 5.74) is 2.09. The number of hydrogen-bond donors (Lipinski definition) is 1. The van der Waals surface area contributed by atoms with E-state index in [0.717, 1.165) is 53.8 Å². The van der Waals surface area contributed by atoms with E-state index in [2.05, 4.69) is 5.32 Å². The summed E-state index contributed by atoms with van der Waals surface area (Å²) in [6.45, 7) is 3.31. The number of benzene rings is 2. The third-order valence-electron chi connectivity index (χ3n) is 6.42. The molecule has 10 heteroatoms. The molecule has 1 fully saturated rings. The molecule has 1 saturated carbocycles. The van der Waals surface area contributed by atoms with Crippen molar-refractivity contribution in [2.75, 3.05) is 17.1 Å². The number of rotatable bonds is 9. The Bertz CT molecular complexity index is 1200. The molecular formula is C26H33Cl2N3O4S. The van der Waals surface area contributed by atoms with Crippen LogP contribution in [-0.2, 0) is 26.2 Å². The maximum absolute atomic E-state index is 13.6. The third-order valence-corrected chi connectivity index (χ3v) is 8.30. The van der Waals surface area contributed by atoms with Gasteiger partial charge in [0.15, 0.2) is 0 Å². The highest BCUT2D eigenvalue weighted by atomic mass is 35.5. The summed E-state index contributed by atoms with van der Waals surface area (Å²) in [7, 11) is -3.84. The Labute approximate surface area is 223 Å². The zero-order chi connectivity index (χ0) is 26.5. The maximum Gasteiger partial charge on any atom is 0.244 e. The summed E-state index contributed by atoms with van der Waals surface area (Å²) in [5.74, 6) is -0.748. The van der Waals surface area contributed by atoms with Gasteiger partial charge in [-0.2, -0.15) is 0 Å². The molecule has 1 aliphatic rings. The Morgan fingerprint density at radius 1 is 1.06 bits per heavy atom. The number of nitrogens with one attached hydrogen (secondary N) is 1. The number of nitrogens with zero attached hydrogens (tertiary/aromatic N) is 2. The van der Waals surface area contributed by atoms with E-state index in [-0.39, 0.29) is 34.2 Å². The number of aryl methyl sites for hydroxylation is 1. The van der Waals surface area contributed by atoms with Gasteiger partial charge in [-0.05, 0) is 50.5 Å². The smallest absolute Gasteiger partial charge is 0.244 e. The Hall–Kier alpha value is -2.29. The monoisotopic (exact) mass is 553 g/mol. The van der Waals surface area contributed by atoms with Crippen LogP contribution in [0.1, 0.15) is 50.2 Å². The van der Waals surface area contributed by atoms with Gasteiger partial charge in [0.25, 0.3) is 0 Å². The van der Waals surface area contributed by atoms with E-state index in [9.17, 15) is 18.0 Å². The number of carbonyl (C=O) groups excluding carboxylic acids is 2. The van der Waals surface area contributed by atoms with Crippen molar-refractivity contribution in [1.29, 1.82) is 0 Å². The number of carbonyl (C=O) groups is 2. The SMILES string of the molecule is Cc1cccc(CN(C(=O)CN(c2ccc(Cl)c(Cl)c2)S(C)(=O)=O)C(C)C(=O)NC2CCCCC2)c1. The van der Waals surface area contributed by atoms with Crippen LogP contribution >= 0.6 is 23.2 Å². The van der Waals surface area contributed by atoms with Crippen LogP contribution in [0.25, 0.3) is 0 Å². The lowest BCUT2D eigenvalue weighted by Crippen LogP contribution is -2.53. The van der Waals surface area contributed by atoms with Crippen LogP contribution in [0, 0.1) is 6.92 Å². The molecule has 2 aromatic rings. The van der Waals surface area contributed by atoms with Gasteiger partial charge in [0.05, 0.1) is 22.0 Å². The van der Waals surface area contributed by atoms with Gasteiger partial charge in [-0.15, -0.1) is 0 Å². The fourth-order valence-electron chi connectivity index (χ4n) is 4.41. The Balaban J connectivity index is 1.88. The van der Waals surface area contributed by atoms with Crippen molar-refractivity contribution < 1.29 is 18.0 Å². The van der Waals surface area contributed by atoms with Gasteiger partial charge >= 0.3 is 0 Å². The molecule has 1 unspecified atom stereocenters. The molecule has 196 valence electrons. The molecule has 1 N–H and O–H groups in total. The lowest BCUT2D eigenvalue weighted by Gasteiger charge is -2.33.